The average molecular weight is 396 g/mol. The predicted molar refractivity (Wildman–Crippen MR) is 111 cm³/mol. The maximum atomic E-state index is 5.87. The van der Waals surface area contributed by atoms with E-state index in [1.54, 1.807) is 7.11 Å². The van der Waals surface area contributed by atoms with E-state index in [0.717, 1.165) is 55.4 Å². The number of likely N-dealkylation sites (tertiary alicyclic amines) is 1. The van der Waals surface area contributed by atoms with Crippen LogP contribution in [-0.2, 0) is 20.0 Å². The van der Waals surface area contributed by atoms with Gasteiger partial charge in [0.15, 0.2) is 11.5 Å². The van der Waals surface area contributed by atoms with Gasteiger partial charge in [0.25, 0.3) is 0 Å². The van der Waals surface area contributed by atoms with Crippen LogP contribution in [0.25, 0.3) is 0 Å². The molecule has 29 heavy (non-hydrogen) atoms. The Morgan fingerprint density at radius 1 is 1.24 bits per heavy atom. The SMILES string of the molecule is COc1ccccc1OCCc1cc(C2CCN(Cc3cnn(C)c3C)C2)n[nH]1. The van der Waals surface area contributed by atoms with Crippen molar-refractivity contribution in [3.63, 3.8) is 0 Å². The third-order valence-electron chi connectivity index (χ3n) is 5.77. The van der Waals surface area contributed by atoms with Crippen LogP contribution in [0.1, 0.15) is 35.0 Å². The molecule has 1 atom stereocenters. The van der Waals surface area contributed by atoms with Crippen molar-refractivity contribution in [2.45, 2.75) is 32.2 Å². The predicted octanol–water partition coefficient (Wildman–Crippen LogP) is 3.07. The van der Waals surface area contributed by atoms with Gasteiger partial charge in [-0.1, -0.05) is 12.1 Å². The third-order valence-corrected chi connectivity index (χ3v) is 5.77. The van der Waals surface area contributed by atoms with Crippen LogP contribution in [0, 0.1) is 6.92 Å². The van der Waals surface area contributed by atoms with Crippen molar-refractivity contribution >= 4 is 0 Å². The van der Waals surface area contributed by atoms with Crippen molar-refractivity contribution in [2.75, 3.05) is 26.8 Å². The number of benzene rings is 1. The monoisotopic (exact) mass is 395 g/mol. The zero-order valence-electron chi connectivity index (χ0n) is 17.4. The molecule has 0 aliphatic carbocycles. The van der Waals surface area contributed by atoms with E-state index in [2.05, 4.69) is 33.2 Å². The van der Waals surface area contributed by atoms with E-state index in [0.29, 0.717) is 12.5 Å². The molecule has 1 N–H and O–H groups in total. The molecule has 2 aromatic heterocycles. The van der Waals surface area contributed by atoms with Crippen LogP contribution >= 0.6 is 0 Å². The van der Waals surface area contributed by atoms with E-state index >= 15 is 0 Å². The number of hydrogen-bond acceptors (Lipinski definition) is 5. The molecule has 4 rings (SSSR count). The van der Waals surface area contributed by atoms with Crippen molar-refractivity contribution in [3.8, 4) is 11.5 Å². The highest BCUT2D eigenvalue weighted by Crippen LogP contribution is 2.28. The molecular weight excluding hydrogens is 366 g/mol. The minimum Gasteiger partial charge on any atom is -0.493 e. The summed E-state index contributed by atoms with van der Waals surface area (Å²) in [5.74, 6) is 2.01. The number of aromatic nitrogens is 4. The van der Waals surface area contributed by atoms with Gasteiger partial charge in [-0.2, -0.15) is 10.2 Å². The Labute approximate surface area is 171 Å². The van der Waals surface area contributed by atoms with E-state index in [4.69, 9.17) is 9.47 Å². The second-order valence-electron chi connectivity index (χ2n) is 7.67. The second kappa shape index (κ2) is 8.69. The first-order chi connectivity index (χ1) is 14.1. The van der Waals surface area contributed by atoms with Crippen LogP contribution in [-0.4, -0.2) is 51.7 Å². The molecular formula is C22H29N5O2. The Morgan fingerprint density at radius 2 is 2.07 bits per heavy atom. The van der Waals surface area contributed by atoms with Gasteiger partial charge in [0.05, 0.1) is 25.6 Å². The number of aromatic amines is 1. The highest BCUT2D eigenvalue weighted by Gasteiger charge is 2.26. The molecule has 3 heterocycles. The quantitative estimate of drug-likeness (QED) is 0.635. The smallest absolute Gasteiger partial charge is 0.161 e. The number of ether oxygens (including phenoxy) is 2. The molecule has 1 unspecified atom stereocenters. The molecule has 0 saturated carbocycles. The van der Waals surface area contributed by atoms with Crippen LogP contribution < -0.4 is 9.47 Å². The largest absolute Gasteiger partial charge is 0.493 e. The van der Waals surface area contributed by atoms with Gasteiger partial charge in [-0.25, -0.2) is 0 Å². The van der Waals surface area contributed by atoms with Crippen LogP contribution in [0.3, 0.4) is 0 Å². The summed E-state index contributed by atoms with van der Waals surface area (Å²) in [6.45, 7) is 5.80. The summed E-state index contributed by atoms with van der Waals surface area (Å²) in [6, 6.07) is 9.91. The Kier molecular flexibility index (Phi) is 5.85. The molecule has 0 amide bonds. The van der Waals surface area contributed by atoms with Gasteiger partial charge in [-0.3, -0.25) is 14.7 Å². The maximum absolute atomic E-state index is 5.87. The molecule has 154 valence electrons. The highest BCUT2D eigenvalue weighted by atomic mass is 16.5. The first-order valence-electron chi connectivity index (χ1n) is 10.1. The first-order valence-corrected chi connectivity index (χ1v) is 10.1. The van der Waals surface area contributed by atoms with Crippen molar-refractivity contribution in [2.24, 2.45) is 7.05 Å². The van der Waals surface area contributed by atoms with Crippen molar-refractivity contribution in [1.29, 1.82) is 0 Å². The fraction of sp³-hybridized carbons (Fsp3) is 0.455. The van der Waals surface area contributed by atoms with Crippen LogP contribution in [0.15, 0.2) is 36.5 Å². The Hall–Kier alpha value is -2.80. The zero-order chi connectivity index (χ0) is 20.2. The molecule has 1 fully saturated rings. The van der Waals surface area contributed by atoms with Gasteiger partial charge in [0, 0.05) is 49.4 Å². The van der Waals surface area contributed by atoms with Crippen LogP contribution in [0.5, 0.6) is 11.5 Å². The summed E-state index contributed by atoms with van der Waals surface area (Å²) < 4.78 is 13.1. The summed E-state index contributed by atoms with van der Waals surface area (Å²) >= 11 is 0. The summed E-state index contributed by atoms with van der Waals surface area (Å²) in [7, 11) is 3.65. The number of nitrogens with zero attached hydrogens (tertiary/aromatic N) is 4. The van der Waals surface area contributed by atoms with Crippen LogP contribution in [0.4, 0.5) is 0 Å². The van der Waals surface area contributed by atoms with Gasteiger partial charge in [0.2, 0.25) is 0 Å². The number of nitrogens with one attached hydrogen (secondary N) is 1. The lowest BCUT2D eigenvalue weighted by molar-refractivity contribution is 0.296. The summed E-state index contributed by atoms with van der Waals surface area (Å²) in [5.41, 5.74) is 4.81. The Balaban J connectivity index is 1.28. The molecule has 7 heteroatoms. The molecule has 1 aromatic carbocycles. The third kappa shape index (κ3) is 4.45. The number of para-hydroxylation sites is 2. The number of methoxy groups -OCH3 is 1. The van der Waals surface area contributed by atoms with Gasteiger partial charge >= 0.3 is 0 Å². The topological polar surface area (TPSA) is 68.2 Å². The average Bonchev–Trinajstić information content (AvgIpc) is 3.46. The van der Waals surface area contributed by atoms with Gasteiger partial charge < -0.3 is 9.47 Å². The summed E-state index contributed by atoms with van der Waals surface area (Å²) in [5, 5.41) is 12.1. The fourth-order valence-electron chi connectivity index (χ4n) is 3.88. The normalized spacial score (nSPS) is 17.0. The Morgan fingerprint density at radius 3 is 2.83 bits per heavy atom. The molecule has 7 nitrogen and oxygen atoms in total. The number of rotatable bonds is 8. The first kappa shape index (κ1) is 19.5. The van der Waals surface area contributed by atoms with E-state index in [1.165, 1.54) is 11.3 Å². The minimum absolute atomic E-state index is 0.479. The lowest BCUT2D eigenvalue weighted by atomic mass is 10.0. The maximum Gasteiger partial charge on any atom is 0.161 e. The lowest BCUT2D eigenvalue weighted by Gasteiger charge is -2.15. The van der Waals surface area contributed by atoms with Crippen molar-refractivity contribution in [3.05, 3.63) is 59.2 Å². The van der Waals surface area contributed by atoms with Crippen molar-refractivity contribution < 1.29 is 9.47 Å². The Bertz CT molecular complexity index is 948. The molecule has 0 spiro atoms. The van der Waals surface area contributed by atoms with Gasteiger partial charge in [-0.05, 0) is 38.1 Å². The lowest BCUT2D eigenvalue weighted by Crippen LogP contribution is -2.20. The van der Waals surface area contributed by atoms with Crippen LogP contribution in [0.2, 0.25) is 0 Å². The molecule has 0 bridgehead atoms. The van der Waals surface area contributed by atoms with E-state index in [1.807, 2.05) is 42.2 Å². The summed E-state index contributed by atoms with van der Waals surface area (Å²) in [6.07, 6.45) is 3.91. The molecule has 1 aliphatic rings. The fourth-order valence-corrected chi connectivity index (χ4v) is 3.88. The van der Waals surface area contributed by atoms with E-state index in [-0.39, 0.29) is 0 Å². The minimum atomic E-state index is 0.479. The number of hydrogen-bond donors (Lipinski definition) is 1. The van der Waals surface area contributed by atoms with Crippen molar-refractivity contribution in [1.82, 2.24) is 24.9 Å². The standard InChI is InChI=1S/C22H29N5O2/c1-16-18(13-23-26(16)2)15-27-10-8-17(14-27)20-12-19(24-25-20)9-11-29-22-7-5-4-6-21(22)28-3/h4-7,12-13,17H,8-11,14-15H2,1-3H3,(H,24,25). The zero-order valence-corrected chi connectivity index (χ0v) is 17.4. The second-order valence-corrected chi connectivity index (χ2v) is 7.67. The molecule has 0 radical (unpaired) electrons. The molecule has 1 aliphatic heterocycles. The molecule has 3 aromatic rings. The number of aryl methyl sites for hydroxylation is 1. The van der Waals surface area contributed by atoms with E-state index in [9.17, 15) is 0 Å². The van der Waals surface area contributed by atoms with E-state index < -0.39 is 0 Å². The summed E-state index contributed by atoms with van der Waals surface area (Å²) in [4.78, 5) is 2.49. The van der Waals surface area contributed by atoms with Gasteiger partial charge in [-0.15, -0.1) is 0 Å². The molecule has 1 saturated heterocycles. The van der Waals surface area contributed by atoms with Gasteiger partial charge in [0.1, 0.15) is 0 Å². The number of H-pyrrole nitrogens is 1. The highest BCUT2D eigenvalue weighted by molar-refractivity contribution is 5.39.